The molecule has 21 heavy (non-hydrogen) atoms. The van der Waals surface area contributed by atoms with Crippen molar-refractivity contribution in [3.8, 4) is 0 Å². The number of rotatable bonds is 3. The van der Waals surface area contributed by atoms with E-state index in [1.54, 1.807) is 10.5 Å². The maximum atomic E-state index is 12.8. The molecule has 1 saturated carbocycles. The van der Waals surface area contributed by atoms with Crippen molar-refractivity contribution in [1.29, 1.82) is 0 Å². The molecule has 0 amide bonds. The lowest BCUT2D eigenvalue weighted by Crippen LogP contribution is -2.32. The zero-order chi connectivity index (χ0) is 15.2. The first kappa shape index (κ1) is 15.0. The van der Waals surface area contributed by atoms with Crippen LogP contribution in [-0.2, 0) is 16.6 Å². The average molecular weight is 312 g/mol. The van der Waals surface area contributed by atoms with Crippen LogP contribution in [0.25, 0.3) is 0 Å². The van der Waals surface area contributed by atoms with Crippen molar-refractivity contribution in [2.24, 2.45) is 17.6 Å². The third-order valence-corrected chi connectivity index (χ3v) is 6.66. The molecule has 2 N–H and O–H groups in total. The summed E-state index contributed by atoms with van der Waals surface area (Å²) in [4.78, 5) is 4.24. The number of imidazole rings is 1. The van der Waals surface area contributed by atoms with Gasteiger partial charge in [0.1, 0.15) is 5.82 Å². The maximum Gasteiger partial charge on any atom is 0.262 e. The fourth-order valence-electron chi connectivity index (χ4n) is 3.68. The zero-order valence-electron chi connectivity index (χ0n) is 12.7. The number of hydrogen-bond acceptors (Lipinski definition) is 4. The molecule has 2 aliphatic rings. The van der Waals surface area contributed by atoms with Crippen LogP contribution < -0.4 is 5.73 Å². The normalized spacial score (nSPS) is 30.5. The Hall–Kier alpha value is -0.920. The summed E-state index contributed by atoms with van der Waals surface area (Å²) in [6.07, 6.45) is 4.65. The summed E-state index contributed by atoms with van der Waals surface area (Å²) in [7, 11) is -3.47. The summed E-state index contributed by atoms with van der Waals surface area (Å²) in [5.74, 6) is 1.63. The van der Waals surface area contributed by atoms with E-state index in [2.05, 4.69) is 4.98 Å². The first-order chi connectivity index (χ1) is 9.91. The number of aromatic nitrogens is 2. The van der Waals surface area contributed by atoms with Crippen molar-refractivity contribution < 1.29 is 8.42 Å². The Morgan fingerprint density at radius 1 is 1.33 bits per heavy atom. The molecule has 6 nitrogen and oxygen atoms in total. The van der Waals surface area contributed by atoms with Crippen molar-refractivity contribution in [3.05, 3.63) is 12.0 Å². The second kappa shape index (κ2) is 5.37. The van der Waals surface area contributed by atoms with Crippen molar-refractivity contribution >= 4 is 10.0 Å². The second-order valence-corrected chi connectivity index (χ2v) is 8.21. The third kappa shape index (κ3) is 2.62. The van der Waals surface area contributed by atoms with Crippen LogP contribution in [0.1, 0.15) is 32.0 Å². The van der Waals surface area contributed by atoms with Crippen molar-refractivity contribution in [3.63, 3.8) is 0 Å². The van der Waals surface area contributed by atoms with E-state index in [4.69, 9.17) is 5.73 Å². The predicted molar refractivity (Wildman–Crippen MR) is 80.2 cm³/mol. The van der Waals surface area contributed by atoms with Crippen molar-refractivity contribution in [1.82, 2.24) is 13.9 Å². The molecule has 0 aromatic carbocycles. The van der Waals surface area contributed by atoms with Gasteiger partial charge in [0, 0.05) is 31.9 Å². The molecular weight excluding hydrogens is 288 g/mol. The molecule has 1 aliphatic carbocycles. The zero-order valence-corrected chi connectivity index (χ0v) is 13.5. The Labute approximate surface area is 126 Å². The highest BCUT2D eigenvalue weighted by atomic mass is 32.2. The highest BCUT2D eigenvalue weighted by Gasteiger charge is 2.42. The summed E-state index contributed by atoms with van der Waals surface area (Å²) in [6, 6.07) is 0.232. The van der Waals surface area contributed by atoms with Gasteiger partial charge >= 0.3 is 0 Å². The van der Waals surface area contributed by atoms with Crippen LogP contribution in [0, 0.1) is 18.8 Å². The van der Waals surface area contributed by atoms with Crippen LogP contribution in [0.2, 0.25) is 0 Å². The van der Waals surface area contributed by atoms with Crippen LogP contribution in [0.5, 0.6) is 0 Å². The molecule has 1 aromatic heterocycles. The molecular formula is C14H24N4O2S. The summed E-state index contributed by atoms with van der Waals surface area (Å²) in [6.45, 7) is 5.77. The van der Waals surface area contributed by atoms with Gasteiger partial charge in [-0.2, -0.15) is 4.31 Å². The first-order valence-corrected chi connectivity index (χ1v) is 9.15. The van der Waals surface area contributed by atoms with E-state index in [-0.39, 0.29) is 11.1 Å². The molecule has 2 fully saturated rings. The largest absolute Gasteiger partial charge is 0.334 e. The minimum Gasteiger partial charge on any atom is -0.334 e. The summed E-state index contributed by atoms with van der Waals surface area (Å²) in [5.41, 5.74) is 6.01. The van der Waals surface area contributed by atoms with E-state index < -0.39 is 10.0 Å². The average Bonchev–Trinajstić information content (AvgIpc) is 3.02. The third-order valence-electron chi connectivity index (χ3n) is 4.96. The Morgan fingerprint density at radius 3 is 2.71 bits per heavy atom. The van der Waals surface area contributed by atoms with E-state index >= 15 is 0 Å². The monoisotopic (exact) mass is 312 g/mol. The number of sulfonamides is 1. The molecule has 0 spiro atoms. The van der Waals surface area contributed by atoms with Crippen LogP contribution in [-0.4, -0.2) is 41.4 Å². The van der Waals surface area contributed by atoms with Gasteiger partial charge in [-0.25, -0.2) is 13.4 Å². The molecule has 3 rings (SSSR count). The Kier molecular flexibility index (Phi) is 3.83. The number of aryl methyl sites for hydroxylation is 2. The van der Waals surface area contributed by atoms with E-state index in [0.717, 1.165) is 31.6 Å². The van der Waals surface area contributed by atoms with Crippen molar-refractivity contribution in [2.45, 2.75) is 50.7 Å². The molecule has 118 valence electrons. The predicted octanol–water partition coefficient (Wildman–Crippen LogP) is 0.959. The van der Waals surface area contributed by atoms with Gasteiger partial charge in [0.25, 0.3) is 10.0 Å². The summed E-state index contributed by atoms with van der Waals surface area (Å²) >= 11 is 0. The Bertz CT molecular complexity index is 625. The number of fused-ring (bicyclic) bond motifs is 1. The van der Waals surface area contributed by atoms with Crippen LogP contribution >= 0.6 is 0 Å². The molecule has 0 bridgehead atoms. The summed E-state index contributed by atoms with van der Waals surface area (Å²) in [5, 5.41) is 0.185. The minimum atomic E-state index is -3.47. The number of nitrogens with two attached hydrogens (primary N) is 1. The highest BCUT2D eigenvalue weighted by Crippen LogP contribution is 2.37. The second-order valence-electron chi connectivity index (χ2n) is 6.33. The molecule has 1 aromatic rings. The molecule has 1 aliphatic heterocycles. The quantitative estimate of drug-likeness (QED) is 0.901. The van der Waals surface area contributed by atoms with Crippen LogP contribution in [0.4, 0.5) is 0 Å². The van der Waals surface area contributed by atoms with Crippen LogP contribution in [0.15, 0.2) is 11.2 Å². The molecule has 7 heteroatoms. The maximum absolute atomic E-state index is 12.8. The SMILES string of the molecule is CCn1cc(S(=O)(=O)N2C[C@H]3CCC(N)C[C@H]3C2)nc1C. The van der Waals surface area contributed by atoms with Crippen molar-refractivity contribution in [2.75, 3.05) is 13.1 Å². The Balaban J connectivity index is 1.82. The van der Waals surface area contributed by atoms with E-state index in [1.165, 1.54) is 0 Å². The lowest BCUT2D eigenvalue weighted by molar-refractivity contribution is 0.271. The lowest BCUT2D eigenvalue weighted by Gasteiger charge is -2.28. The van der Waals surface area contributed by atoms with Gasteiger partial charge < -0.3 is 10.3 Å². The molecule has 3 atom stereocenters. The molecule has 0 radical (unpaired) electrons. The fourth-order valence-corrected chi connectivity index (χ4v) is 5.22. The Morgan fingerprint density at radius 2 is 2.05 bits per heavy atom. The first-order valence-electron chi connectivity index (χ1n) is 7.71. The van der Waals surface area contributed by atoms with Gasteiger partial charge in [-0.1, -0.05) is 0 Å². The lowest BCUT2D eigenvalue weighted by atomic mass is 9.79. The van der Waals surface area contributed by atoms with E-state index in [1.807, 2.05) is 18.4 Å². The smallest absolute Gasteiger partial charge is 0.262 e. The van der Waals surface area contributed by atoms with Gasteiger partial charge in [0.15, 0.2) is 5.03 Å². The van der Waals surface area contributed by atoms with Gasteiger partial charge in [-0.15, -0.1) is 0 Å². The van der Waals surface area contributed by atoms with Crippen LogP contribution in [0.3, 0.4) is 0 Å². The standard InChI is InChI=1S/C14H24N4O2S/c1-3-17-9-14(16-10(17)2)21(19,20)18-7-11-4-5-13(15)6-12(11)8-18/h9,11-13H,3-8,15H2,1-2H3/t11-,12+,13?/m1/s1. The highest BCUT2D eigenvalue weighted by molar-refractivity contribution is 7.89. The number of nitrogens with zero attached hydrogens (tertiary/aromatic N) is 3. The fraction of sp³-hybridized carbons (Fsp3) is 0.786. The van der Waals surface area contributed by atoms with Gasteiger partial charge in [0.05, 0.1) is 0 Å². The van der Waals surface area contributed by atoms with Gasteiger partial charge in [0.2, 0.25) is 0 Å². The minimum absolute atomic E-state index is 0.185. The van der Waals surface area contributed by atoms with Gasteiger partial charge in [-0.3, -0.25) is 0 Å². The van der Waals surface area contributed by atoms with E-state index in [0.29, 0.717) is 24.9 Å². The molecule has 1 saturated heterocycles. The van der Waals surface area contributed by atoms with E-state index in [9.17, 15) is 8.42 Å². The molecule has 1 unspecified atom stereocenters. The topological polar surface area (TPSA) is 81.2 Å². The summed E-state index contributed by atoms with van der Waals surface area (Å²) < 4.78 is 29.0. The molecule has 2 heterocycles. The van der Waals surface area contributed by atoms with Gasteiger partial charge in [-0.05, 0) is 44.9 Å². The number of hydrogen-bond donors (Lipinski definition) is 1.